The van der Waals surface area contributed by atoms with Gasteiger partial charge in [0, 0.05) is 23.5 Å². The second-order valence-electron chi connectivity index (χ2n) is 5.95. The van der Waals surface area contributed by atoms with Gasteiger partial charge in [-0.25, -0.2) is 13.1 Å². The van der Waals surface area contributed by atoms with Gasteiger partial charge >= 0.3 is 0 Å². The van der Waals surface area contributed by atoms with E-state index in [0.29, 0.717) is 15.7 Å². The molecule has 3 rings (SSSR count). The standard InChI is InChI=1S/C17H17BrN6O3S2/c1-23(29(26,27)13-6-4-3-5-7-13)11-16(25)19-14-10-12(18)8-9-15(14)28-17-20-21-22-24(17)2/h3-10H,11H2,1-2H3,(H,19,25). The Morgan fingerprint density at radius 1 is 1.24 bits per heavy atom. The van der Waals surface area contributed by atoms with Gasteiger partial charge in [-0.3, -0.25) is 4.79 Å². The summed E-state index contributed by atoms with van der Waals surface area (Å²) in [5, 5.41) is 14.6. The highest BCUT2D eigenvalue weighted by Gasteiger charge is 2.23. The summed E-state index contributed by atoms with van der Waals surface area (Å²) in [7, 11) is -0.687. The summed E-state index contributed by atoms with van der Waals surface area (Å²) in [5.41, 5.74) is 0.517. The molecule has 0 fully saturated rings. The molecule has 0 radical (unpaired) electrons. The quantitative estimate of drug-likeness (QED) is 0.534. The Hall–Kier alpha value is -2.28. The van der Waals surface area contributed by atoms with Crippen molar-refractivity contribution in [2.45, 2.75) is 14.9 Å². The maximum atomic E-state index is 12.6. The molecular weight excluding hydrogens is 480 g/mol. The first-order chi connectivity index (χ1) is 13.8. The topological polar surface area (TPSA) is 110 Å². The zero-order valence-corrected chi connectivity index (χ0v) is 18.7. The van der Waals surface area contributed by atoms with Gasteiger partial charge in [0.2, 0.25) is 21.1 Å². The van der Waals surface area contributed by atoms with E-state index in [1.807, 2.05) is 12.1 Å². The summed E-state index contributed by atoms with van der Waals surface area (Å²) in [4.78, 5) is 13.4. The third-order valence-electron chi connectivity index (χ3n) is 3.82. The molecule has 0 unspecified atom stereocenters. The minimum absolute atomic E-state index is 0.129. The zero-order chi connectivity index (χ0) is 21.0. The van der Waals surface area contributed by atoms with E-state index in [1.165, 1.54) is 35.6 Å². The Labute approximate surface area is 180 Å². The number of benzene rings is 2. The summed E-state index contributed by atoms with van der Waals surface area (Å²) in [6.07, 6.45) is 0. The van der Waals surface area contributed by atoms with Crippen LogP contribution in [0.3, 0.4) is 0 Å². The lowest BCUT2D eigenvalue weighted by Gasteiger charge is -2.17. The lowest BCUT2D eigenvalue weighted by Crippen LogP contribution is -2.35. The predicted molar refractivity (Wildman–Crippen MR) is 112 cm³/mol. The minimum Gasteiger partial charge on any atom is -0.324 e. The molecule has 0 aliphatic heterocycles. The molecule has 12 heteroatoms. The van der Waals surface area contributed by atoms with E-state index >= 15 is 0 Å². The number of aromatic nitrogens is 4. The Balaban J connectivity index is 1.75. The molecule has 0 bridgehead atoms. The van der Waals surface area contributed by atoms with E-state index in [0.717, 1.165) is 8.78 Å². The van der Waals surface area contributed by atoms with E-state index in [-0.39, 0.29) is 11.4 Å². The second kappa shape index (κ2) is 9.03. The number of nitrogens with zero attached hydrogens (tertiary/aromatic N) is 5. The van der Waals surface area contributed by atoms with Crippen LogP contribution in [-0.2, 0) is 21.9 Å². The lowest BCUT2D eigenvalue weighted by atomic mass is 10.3. The van der Waals surface area contributed by atoms with Crippen LogP contribution in [-0.4, -0.2) is 52.4 Å². The fourth-order valence-corrected chi connectivity index (χ4v) is 4.65. The largest absolute Gasteiger partial charge is 0.324 e. The minimum atomic E-state index is -3.76. The second-order valence-corrected chi connectivity index (χ2v) is 9.92. The van der Waals surface area contributed by atoms with Crippen molar-refractivity contribution in [1.82, 2.24) is 24.5 Å². The molecular formula is C17H17BrN6O3S2. The molecule has 1 heterocycles. The number of hydrogen-bond donors (Lipinski definition) is 1. The number of sulfonamides is 1. The van der Waals surface area contributed by atoms with Crippen LogP contribution in [0.1, 0.15) is 0 Å². The van der Waals surface area contributed by atoms with Crippen LogP contribution >= 0.6 is 27.7 Å². The lowest BCUT2D eigenvalue weighted by molar-refractivity contribution is -0.116. The third kappa shape index (κ3) is 5.21. The summed E-state index contributed by atoms with van der Waals surface area (Å²) >= 11 is 4.66. The Morgan fingerprint density at radius 2 is 1.97 bits per heavy atom. The highest BCUT2D eigenvalue weighted by molar-refractivity contribution is 9.10. The van der Waals surface area contributed by atoms with Crippen molar-refractivity contribution in [3.8, 4) is 0 Å². The van der Waals surface area contributed by atoms with Crippen molar-refractivity contribution in [2.75, 3.05) is 18.9 Å². The molecule has 3 aromatic rings. The van der Waals surface area contributed by atoms with E-state index in [2.05, 4.69) is 36.8 Å². The average molecular weight is 497 g/mol. The number of likely N-dealkylation sites (N-methyl/N-ethyl adjacent to an activating group) is 1. The molecule has 0 atom stereocenters. The van der Waals surface area contributed by atoms with Crippen LogP contribution in [0.5, 0.6) is 0 Å². The molecule has 1 aromatic heterocycles. The number of rotatable bonds is 7. The number of halogens is 1. The third-order valence-corrected chi connectivity index (χ3v) is 7.23. The first-order valence-corrected chi connectivity index (χ1v) is 11.3. The Morgan fingerprint density at radius 3 is 2.62 bits per heavy atom. The number of hydrogen-bond acceptors (Lipinski definition) is 7. The highest BCUT2D eigenvalue weighted by atomic mass is 79.9. The number of aryl methyl sites for hydroxylation is 1. The van der Waals surface area contributed by atoms with E-state index in [1.54, 1.807) is 31.3 Å². The zero-order valence-electron chi connectivity index (χ0n) is 15.5. The number of carbonyl (C=O) groups excluding carboxylic acids is 1. The van der Waals surface area contributed by atoms with Gasteiger partial charge in [0.1, 0.15) is 0 Å². The van der Waals surface area contributed by atoms with Crippen LogP contribution in [0, 0.1) is 0 Å². The van der Waals surface area contributed by atoms with Gasteiger partial charge in [-0.15, -0.1) is 5.10 Å². The molecule has 29 heavy (non-hydrogen) atoms. The van der Waals surface area contributed by atoms with Gasteiger partial charge in [-0.2, -0.15) is 4.31 Å². The highest BCUT2D eigenvalue weighted by Crippen LogP contribution is 2.33. The van der Waals surface area contributed by atoms with Crippen molar-refractivity contribution in [3.63, 3.8) is 0 Å². The molecule has 0 saturated heterocycles. The van der Waals surface area contributed by atoms with Gasteiger partial charge in [0.05, 0.1) is 17.1 Å². The van der Waals surface area contributed by atoms with E-state index < -0.39 is 15.9 Å². The fraction of sp³-hybridized carbons (Fsp3) is 0.176. The van der Waals surface area contributed by atoms with Crippen LogP contribution in [0.4, 0.5) is 5.69 Å². The predicted octanol–water partition coefficient (Wildman–Crippen LogP) is 2.38. The molecule has 152 valence electrons. The van der Waals surface area contributed by atoms with Gasteiger partial charge in [-0.1, -0.05) is 34.1 Å². The molecule has 0 aliphatic carbocycles. The average Bonchev–Trinajstić information content (AvgIpc) is 3.09. The first-order valence-electron chi connectivity index (χ1n) is 8.28. The summed E-state index contributed by atoms with van der Waals surface area (Å²) in [5.74, 6) is -0.469. The molecule has 0 aliphatic rings. The SMILES string of the molecule is CN(CC(=O)Nc1cc(Br)ccc1Sc1nnnn1C)S(=O)(=O)c1ccccc1. The molecule has 0 spiro atoms. The van der Waals surface area contributed by atoms with Crippen LogP contribution < -0.4 is 5.32 Å². The van der Waals surface area contributed by atoms with Crippen LogP contribution in [0.2, 0.25) is 0 Å². The molecule has 2 aromatic carbocycles. The smallest absolute Gasteiger partial charge is 0.243 e. The van der Waals surface area contributed by atoms with Crippen molar-refractivity contribution in [2.24, 2.45) is 7.05 Å². The maximum Gasteiger partial charge on any atom is 0.243 e. The van der Waals surface area contributed by atoms with Gasteiger partial charge in [0.25, 0.3) is 0 Å². The molecule has 0 saturated carbocycles. The number of nitrogens with one attached hydrogen (secondary N) is 1. The Kier molecular flexibility index (Phi) is 6.67. The van der Waals surface area contributed by atoms with Crippen molar-refractivity contribution in [1.29, 1.82) is 0 Å². The summed E-state index contributed by atoms with van der Waals surface area (Å²) in [6.45, 7) is -0.334. The van der Waals surface area contributed by atoms with Crippen LogP contribution in [0.15, 0.2) is 68.0 Å². The van der Waals surface area contributed by atoms with E-state index in [9.17, 15) is 13.2 Å². The monoisotopic (exact) mass is 496 g/mol. The number of anilines is 1. The summed E-state index contributed by atoms with van der Waals surface area (Å²) in [6, 6.07) is 13.3. The maximum absolute atomic E-state index is 12.6. The number of carbonyl (C=O) groups is 1. The van der Waals surface area contributed by atoms with Gasteiger partial charge in [-0.05, 0) is 52.5 Å². The van der Waals surface area contributed by atoms with E-state index in [4.69, 9.17) is 0 Å². The molecule has 1 N–H and O–H groups in total. The molecule has 1 amide bonds. The normalized spacial score (nSPS) is 11.6. The van der Waals surface area contributed by atoms with Crippen LogP contribution in [0.25, 0.3) is 0 Å². The van der Waals surface area contributed by atoms with Crippen molar-refractivity contribution in [3.05, 3.63) is 53.0 Å². The summed E-state index contributed by atoms with van der Waals surface area (Å²) < 4.78 is 28.5. The number of amides is 1. The molecule has 9 nitrogen and oxygen atoms in total. The number of tetrazole rings is 1. The van der Waals surface area contributed by atoms with Crippen molar-refractivity contribution < 1.29 is 13.2 Å². The van der Waals surface area contributed by atoms with Gasteiger partial charge in [0.15, 0.2) is 0 Å². The Bertz CT molecular complexity index is 1120. The van der Waals surface area contributed by atoms with Crippen molar-refractivity contribution >= 4 is 49.3 Å². The van der Waals surface area contributed by atoms with Gasteiger partial charge < -0.3 is 5.32 Å². The fourth-order valence-electron chi connectivity index (χ4n) is 2.34. The first kappa shape index (κ1) is 21.4.